The maximum atomic E-state index is 12.5. The maximum Gasteiger partial charge on any atom is 0.240 e. The molecule has 1 aromatic rings. The van der Waals surface area contributed by atoms with Crippen LogP contribution in [0.15, 0.2) is 30.3 Å². The molecule has 128 valence electrons. The van der Waals surface area contributed by atoms with Gasteiger partial charge in [0.1, 0.15) is 5.41 Å². The summed E-state index contributed by atoms with van der Waals surface area (Å²) in [5, 5.41) is 12.5. The lowest BCUT2D eigenvalue weighted by Gasteiger charge is -2.36. The van der Waals surface area contributed by atoms with Crippen LogP contribution < -0.4 is 5.32 Å². The molecule has 0 saturated carbocycles. The van der Waals surface area contributed by atoms with E-state index in [1.807, 2.05) is 44.2 Å². The molecule has 1 fully saturated rings. The van der Waals surface area contributed by atoms with E-state index in [0.29, 0.717) is 32.4 Å². The molecule has 2 amide bonds. The molecule has 5 nitrogen and oxygen atoms in total. The number of nitrogens with one attached hydrogen (secondary N) is 1. The van der Waals surface area contributed by atoms with Crippen LogP contribution in [0.5, 0.6) is 0 Å². The van der Waals surface area contributed by atoms with Gasteiger partial charge in [-0.3, -0.25) is 9.59 Å². The Balaban J connectivity index is 1.94. The molecule has 5 heteroatoms. The van der Waals surface area contributed by atoms with Gasteiger partial charge in [0.05, 0.1) is 12.5 Å². The van der Waals surface area contributed by atoms with E-state index in [2.05, 4.69) is 11.4 Å². The molecular weight excluding hydrogens is 302 g/mol. The lowest BCUT2D eigenvalue weighted by Crippen LogP contribution is -2.51. The lowest BCUT2D eigenvalue weighted by atomic mass is 9.78. The zero-order chi connectivity index (χ0) is 17.6. The van der Waals surface area contributed by atoms with Crippen LogP contribution in [0.4, 0.5) is 0 Å². The maximum absolute atomic E-state index is 12.5. The fourth-order valence-corrected chi connectivity index (χ4v) is 2.87. The molecule has 0 aliphatic carbocycles. The van der Waals surface area contributed by atoms with Crippen molar-refractivity contribution in [3.63, 3.8) is 0 Å². The van der Waals surface area contributed by atoms with Crippen molar-refractivity contribution in [3.05, 3.63) is 35.9 Å². The molecule has 1 aliphatic rings. The molecule has 1 aromatic carbocycles. The van der Waals surface area contributed by atoms with Crippen molar-refractivity contribution < 1.29 is 9.59 Å². The first-order valence-electron chi connectivity index (χ1n) is 8.54. The Labute approximate surface area is 143 Å². The number of carbonyl (C=O) groups is 2. The van der Waals surface area contributed by atoms with Gasteiger partial charge in [-0.05, 0) is 31.7 Å². The summed E-state index contributed by atoms with van der Waals surface area (Å²) >= 11 is 0. The van der Waals surface area contributed by atoms with E-state index in [0.717, 1.165) is 12.0 Å². The van der Waals surface area contributed by atoms with Gasteiger partial charge in [-0.15, -0.1) is 0 Å². The summed E-state index contributed by atoms with van der Waals surface area (Å²) in [7, 11) is 0. The first kappa shape index (κ1) is 18.0. The first-order valence-corrected chi connectivity index (χ1v) is 8.54. The van der Waals surface area contributed by atoms with E-state index >= 15 is 0 Å². The van der Waals surface area contributed by atoms with E-state index in [9.17, 15) is 14.9 Å². The van der Waals surface area contributed by atoms with E-state index in [1.165, 1.54) is 0 Å². The normalized spacial score (nSPS) is 17.6. The molecule has 0 spiro atoms. The van der Waals surface area contributed by atoms with Gasteiger partial charge in [0.25, 0.3) is 0 Å². The monoisotopic (exact) mass is 327 g/mol. The highest BCUT2D eigenvalue weighted by atomic mass is 16.2. The molecule has 0 aromatic heterocycles. The quantitative estimate of drug-likeness (QED) is 0.901. The first-order chi connectivity index (χ1) is 11.5. The SMILES string of the molecule is CC[C@H](C)NC(=O)C1(C#N)CCN(C(=O)Cc2ccccc2)CC1. The van der Waals surface area contributed by atoms with Gasteiger partial charge in [0, 0.05) is 19.1 Å². The number of benzene rings is 1. The van der Waals surface area contributed by atoms with Crippen molar-refractivity contribution in [2.24, 2.45) is 5.41 Å². The number of hydrogen-bond acceptors (Lipinski definition) is 3. The molecular formula is C19H25N3O2. The zero-order valence-electron chi connectivity index (χ0n) is 14.4. The lowest BCUT2D eigenvalue weighted by molar-refractivity contribution is -0.137. The zero-order valence-corrected chi connectivity index (χ0v) is 14.4. The summed E-state index contributed by atoms with van der Waals surface area (Å²) in [6, 6.07) is 11.9. The Morgan fingerprint density at radius 1 is 1.29 bits per heavy atom. The third-order valence-electron chi connectivity index (χ3n) is 4.81. The molecule has 0 radical (unpaired) electrons. The van der Waals surface area contributed by atoms with Gasteiger partial charge < -0.3 is 10.2 Å². The molecule has 0 bridgehead atoms. The van der Waals surface area contributed by atoms with E-state index in [-0.39, 0.29) is 17.9 Å². The van der Waals surface area contributed by atoms with Crippen molar-refractivity contribution in [2.45, 2.75) is 45.6 Å². The molecule has 1 N–H and O–H groups in total. The largest absolute Gasteiger partial charge is 0.352 e. The summed E-state index contributed by atoms with van der Waals surface area (Å²) in [5.41, 5.74) is -0.0263. The average molecular weight is 327 g/mol. The van der Waals surface area contributed by atoms with Crippen LogP contribution >= 0.6 is 0 Å². The number of likely N-dealkylation sites (tertiary alicyclic amines) is 1. The number of amides is 2. The predicted molar refractivity (Wildman–Crippen MR) is 91.9 cm³/mol. The Morgan fingerprint density at radius 2 is 1.92 bits per heavy atom. The second-order valence-corrected chi connectivity index (χ2v) is 6.52. The van der Waals surface area contributed by atoms with Crippen molar-refractivity contribution in [1.29, 1.82) is 5.26 Å². The average Bonchev–Trinajstić information content (AvgIpc) is 2.62. The van der Waals surface area contributed by atoms with Gasteiger partial charge in [-0.2, -0.15) is 5.26 Å². The van der Waals surface area contributed by atoms with Crippen molar-refractivity contribution >= 4 is 11.8 Å². The Kier molecular flexibility index (Phi) is 5.97. The van der Waals surface area contributed by atoms with Crippen LogP contribution in [0.25, 0.3) is 0 Å². The molecule has 2 rings (SSSR count). The highest BCUT2D eigenvalue weighted by Crippen LogP contribution is 2.31. The standard InChI is InChI=1S/C19H25N3O2/c1-3-15(2)21-18(24)19(14-20)9-11-22(12-10-19)17(23)13-16-7-5-4-6-8-16/h4-8,15H,3,9-13H2,1-2H3,(H,21,24)/t15-/m0/s1. The molecule has 1 heterocycles. The fraction of sp³-hybridized carbons (Fsp3) is 0.526. The molecule has 1 atom stereocenters. The third kappa shape index (κ3) is 4.14. The van der Waals surface area contributed by atoms with Crippen molar-refractivity contribution in [1.82, 2.24) is 10.2 Å². The second kappa shape index (κ2) is 7.96. The van der Waals surface area contributed by atoms with Crippen molar-refractivity contribution in [2.75, 3.05) is 13.1 Å². The molecule has 24 heavy (non-hydrogen) atoms. The van der Waals surface area contributed by atoms with Crippen LogP contribution in [0.1, 0.15) is 38.7 Å². The molecule has 0 unspecified atom stereocenters. The van der Waals surface area contributed by atoms with Crippen LogP contribution in [-0.2, 0) is 16.0 Å². The minimum absolute atomic E-state index is 0.0510. The summed E-state index contributed by atoms with van der Waals surface area (Å²) in [6.45, 7) is 4.83. The van der Waals surface area contributed by atoms with Gasteiger partial charge in [-0.1, -0.05) is 37.3 Å². The van der Waals surface area contributed by atoms with E-state index in [1.54, 1.807) is 4.90 Å². The topological polar surface area (TPSA) is 73.2 Å². The number of nitrogens with zero attached hydrogens (tertiary/aromatic N) is 2. The Morgan fingerprint density at radius 3 is 2.46 bits per heavy atom. The summed E-state index contributed by atoms with van der Waals surface area (Å²) in [6.07, 6.45) is 1.98. The number of rotatable bonds is 5. The van der Waals surface area contributed by atoms with Crippen LogP contribution in [-0.4, -0.2) is 35.8 Å². The predicted octanol–water partition coefficient (Wildman–Crippen LogP) is 2.28. The Hall–Kier alpha value is -2.35. The third-order valence-corrected chi connectivity index (χ3v) is 4.81. The summed E-state index contributed by atoms with van der Waals surface area (Å²) in [4.78, 5) is 26.6. The van der Waals surface area contributed by atoms with Crippen LogP contribution in [0.2, 0.25) is 0 Å². The van der Waals surface area contributed by atoms with E-state index < -0.39 is 5.41 Å². The summed E-state index contributed by atoms with van der Waals surface area (Å²) in [5.74, 6) is -0.149. The minimum atomic E-state index is -1.01. The van der Waals surface area contributed by atoms with Gasteiger partial charge in [0.2, 0.25) is 11.8 Å². The van der Waals surface area contributed by atoms with Gasteiger partial charge >= 0.3 is 0 Å². The van der Waals surface area contributed by atoms with Gasteiger partial charge in [0.15, 0.2) is 0 Å². The molecule has 1 aliphatic heterocycles. The molecule has 1 saturated heterocycles. The number of nitriles is 1. The highest BCUT2D eigenvalue weighted by molar-refractivity contribution is 5.86. The van der Waals surface area contributed by atoms with Gasteiger partial charge in [-0.25, -0.2) is 0 Å². The van der Waals surface area contributed by atoms with E-state index in [4.69, 9.17) is 0 Å². The Bertz CT molecular complexity index is 613. The fourth-order valence-electron chi connectivity index (χ4n) is 2.87. The van der Waals surface area contributed by atoms with Crippen LogP contribution in [0, 0.1) is 16.7 Å². The highest BCUT2D eigenvalue weighted by Gasteiger charge is 2.42. The number of piperidine rings is 1. The number of carbonyl (C=O) groups excluding carboxylic acids is 2. The minimum Gasteiger partial charge on any atom is -0.352 e. The second-order valence-electron chi connectivity index (χ2n) is 6.52. The van der Waals surface area contributed by atoms with Crippen molar-refractivity contribution in [3.8, 4) is 6.07 Å². The van der Waals surface area contributed by atoms with Crippen LogP contribution in [0.3, 0.4) is 0 Å². The summed E-state index contributed by atoms with van der Waals surface area (Å²) < 4.78 is 0. The smallest absolute Gasteiger partial charge is 0.240 e. The number of hydrogen-bond donors (Lipinski definition) is 1.